The fraction of sp³-hybridized carbons (Fsp3) is 0.625. The average molecular weight is 262 g/mol. The molecule has 1 heterocycles. The second-order valence-electron chi connectivity index (χ2n) is 5.48. The molecule has 0 amide bonds. The number of piperidine rings is 1. The van der Waals surface area contributed by atoms with Crippen molar-refractivity contribution in [1.82, 2.24) is 10.6 Å². The summed E-state index contributed by atoms with van der Waals surface area (Å²) in [5.41, 5.74) is 3.99. The summed E-state index contributed by atoms with van der Waals surface area (Å²) in [4.78, 5) is 0. The number of ether oxygens (including phenoxy) is 1. The normalized spacial score (nSPS) is 16.6. The van der Waals surface area contributed by atoms with E-state index in [1.54, 1.807) is 7.11 Å². The molecule has 0 radical (unpaired) electrons. The van der Waals surface area contributed by atoms with E-state index in [0.717, 1.165) is 31.8 Å². The zero-order chi connectivity index (χ0) is 13.7. The molecular formula is C16H26N2O. The minimum absolute atomic E-state index is 0.695. The largest absolute Gasteiger partial charge is 0.496 e. The number of aryl methyl sites for hydroxylation is 2. The van der Waals surface area contributed by atoms with Gasteiger partial charge in [-0.25, -0.2) is 0 Å². The summed E-state index contributed by atoms with van der Waals surface area (Å²) in [6.45, 7) is 7.65. The number of hydrogen-bond donors (Lipinski definition) is 2. The first-order valence-corrected chi connectivity index (χ1v) is 7.29. The molecule has 19 heavy (non-hydrogen) atoms. The van der Waals surface area contributed by atoms with Crippen molar-refractivity contribution in [2.45, 2.75) is 39.2 Å². The predicted octanol–water partition coefficient (Wildman–Crippen LogP) is 2.20. The SMILES string of the molecule is COc1cc(C)c(CCNC2CCNCC2)cc1C. The summed E-state index contributed by atoms with van der Waals surface area (Å²) in [5.74, 6) is 0.993. The van der Waals surface area contributed by atoms with Gasteiger partial charge in [0.1, 0.15) is 5.75 Å². The Hall–Kier alpha value is -1.06. The highest BCUT2D eigenvalue weighted by molar-refractivity contribution is 5.41. The molecule has 0 saturated carbocycles. The molecule has 1 aliphatic heterocycles. The van der Waals surface area contributed by atoms with Crippen molar-refractivity contribution in [3.05, 3.63) is 28.8 Å². The Morgan fingerprint density at radius 3 is 2.63 bits per heavy atom. The highest BCUT2D eigenvalue weighted by Gasteiger charge is 2.12. The quantitative estimate of drug-likeness (QED) is 0.853. The zero-order valence-electron chi connectivity index (χ0n) is 12.4. The number of rotatable bonds is 5. The monoisotopic (exact) mass is 262 g/mol. The van der Waals surface area contributed by atoms with E-state index in [1.165, 1.54) is 29.5 Å². The summed E-state index contributed by atoms with van der Waals surface area (Å²) in [7, 11) is 1.74. The second-order valence-corrected chi connectivity index (χ2v) is 5.48. The molecule has 0 bridgehead atoms. The molecule has 106 valence electrons. The van der Waals surface area contributed by atoms with Crippen LogP contribution < -0.4 is 15.4 Å². The molecule has 1 fully saturated rings. The lowest BCUT2D eigenvalue weighted by Crippen LogP contribution is -2.40. The molecule has 0 aliphatic carbocycles. The molecule has 3 heteroatoms. The van der Waals surface area contributed by atoms with E-state index >= 15 is 0 Å². The third kappa shape index (κ3) is 3.95. The molecule has 1 saturated heterocycles. The van der Waals surface area contributed by atoms with Crippen molar-refractivity contribution >= 4 is 0 Å². The number of hydrogen-bond acceptors (Lipinski definition) is 3. The summed E-state index contributed by atoms with van der Waals surface area (Å²) in [5, 5.41) is 7.07. The van der Waals surface area contributed by atoms with Gasteiger partial charge in [-0.15, -0.1) is 0 Å². The van der Waals surface area contributed by atoms with Crippen LogP contribution in [0.3, 0.4) is 0 Å². The van der Waals surface area contributed by atoms with E-state index < -0.39 is 0 Å². The highest BCUT2D eigenvalue weighted by atomic mass is 16.5. The summed E-state index contributed by atoms with van der Waals surface area (Å²) in [6, 6.07) is 5.11. The fourth-order valence-electron chi connectivity index (χ4n) is 2.78. The van der Waals surface area contributed by atoms with Crippen LogP contribution in [0.15, 0.2) is 12.1 Å². The Balaban J connectivity index is 1.86. The van der Waals surface area contributed by atoms with Crippen LogP contribution in [0.2, 0.25) is 0 Å². The van der Waals surface area contributed by atoms with Gasteiger partial charge in [-0.1, -0.05) is 6.07 Å². The summed E-state index contributed by atoms with van der Waals surface area (Å²) < 4.78 is 5.36. The Morgan fingerprint density at radius 2 is 1.95 bits per heavy atom. The van der Waals surface area contributed by atoms with Gasteiger partial charge in [0.05, 0.1) is 7.11 Å². The second kappa shape index (κ2) is 6.92. The molecule has 0 aromatic heterocycles. The van der Waals surface area contributed by atoms with Crippen LogP contribution in [0.4, 0.5) is 0 Å². The lowest BCUT2D eigenvalue weighted by Gasteiger charge is -2.24. The lowest BCUT2D eigenvalue weighted by molar-refractivity contribution is 0.389. The lowest BCUT2D eigenvalue weighted by atomic mass is 10.0. The number of methoxy groups -OCH3 is 1. The highest BCUT2D eigenvalue weighted by Crippen LogP contribution is 2.22. The van der Waals surface area contributed by atoms with Gasteiger partial charge >= 0.3 is 0 Å². The Kier molecular flexibility index (Phi) is 5.23. The van der Waals surface area contributed by atoms with E-state index in [4.69, 9.17) is 4.74 Å². The number of benzene rings is 1. The van der Waals surface area contributed by atoms with Gasteiger partial charge in [0.15, 0.2) is 0 Å². The molecule has 2 N–H and O–H groups in total. The summed E-state index contributed by atoms with van der Waals surface area (Å²) in [6.07, 6.45) is 3.60. The maximum Gasteiger partial charge on any atom is 0.122 e. The van der Waals surface area contributed by atoms with Gasteiger partial charge in [0, 0.05) is 6.04 Å². The van der Waals surface area contributed by atoms with Crippen LogP contribution in [-0.2, 0) is 6.42 Å². The van der Waals surface area contributed by atoms with Crippen molar-refractivity contribution in [3.8, 4) is 5.75 Å². The van der Waals surface area contributed by atoms with Crippen molar-refractivity contribution < 1.29 is 4.74 Å². The molecule has 1 aliphatic rings. The van der Waals surface area contributed by atoms with Crippen LogP contribution in [0.25, 0.3) is 0 Å². The van der Waals surface area contributed by atoms with Gasteiger partial charge in [-0.2, -0.15) is 0 Å². The van der Waals surface area contributed by atoms with Crippen LogP contribution in [0, 0.1) is 13.8 Å². The van der Waals surface area contributed by atoms with E-state index in [0.29, 0.717) is 6.04 Å². The van der Waals surface area contributed by atoms with Crippen LogP contribution in [0.5, 0.6) is 5.75 Å². The fourth-order valence-corrected chi connectivity index (χ4v) is 2.78. The average Bonchev–Trinajstić information content (AvgIpc) is 2.43. The smallest absolute Gasteiger partial charge is 0.122 e. The van der Waals surface area contributed by atoms with E-state index in [2.05, 4.69) is 36.6 Å². The third-order valence-electron chi connectivity index (χ3n) is 4.02. The molecule has 0 atom stereocenters. The van der Waals surface area contributed by atoms with Gasteiger partial charge in [-0.05, 0) is 75.5 Å². The van der Waals surface area contributed by atoms with Gasteiger partial charge < -0.3 is 15.4 Å². The topological polar surface area (TPSA) is 33.3 Å². The predicted molar refractivity (Wildman–Crippen MR) is 80.1 cm³/mol. The van der Waals surface area contributed by atoms with Crippen LogP contribution in [0.1, 0.15) is 29.5 Å². The molecule has 1 aromatic carbocycles. The van der Waals surface area contributed by atoms with Crippen molar-refractivity contribution in [2.75, 3.05) is 26.7 Å². The molecule has 0 unspecified atom stereocenters. The zero-order valence-corrected chi connectivity index (χ0v) is 12.4. The van der Waals surface area contributed by atoms with Gasteiger partial charge in [0.25, 0.3) is 0 Å². The molecule has 3 nitrogen and oxygen atoms in total. The Bertz CT molecular complexity index is 411. The minimum atomic E-state index is 0.695. The van der Waals surface area contributed by atoms with Crippen molar-refractivity contribution in [2.24, 2.45) is 0 Å². The third-order valence-corrected chi connectivity index (χ3v) is 4.02. The van der Waals surface area contributed by atoms with Crippen molar-refractivity contribution in [1.29, 1.82) is 0 Å². The van der Waals surface area contributed by atoms with Crippen LogP contribution in [-0.4, -0.2) is 32.8 Å². The minimum Gasteiger partial charge on any atom is -0.496 e. The van der Waals surface area contributed by atoms with E-state index in [9.17, 15) is 0 Å². The molecule has 2 rings (SSSR count). The maximum atomic E-state index is 5.36. The molecule has 0 spiro atoms. The molecule has 1 aromatic rings. The van der Waals surface area contributed by atoms with E-state index in [-0.39, 0.29) is 0 Å². The molecular weight excluding hydrogens is 236 g/mol. The number of nitrogens with one attached hydrogen (secondary N) is 2. The Morgan fingerprint density at radius 1 is 1.21 bits per heavy atom. The first kappa shape index (κ1) is 14.4. The Labute approximate surface area is 116 Å². The standard InChI is InChI=1S/C16H26N2O/c1-12-11-16(19-3)13(2)10-14(12)4-9-18-15-5-7-17-8-6-15/h10-11,15,17-18H,4-9H2,1-3H3. The van der Waals surface area contributed by atoms with Crippen molar-refractivity contribution in [3.63, 3.8) is 0 Å². The maximum absolute atomic E-state index is 5.36. The van der Waals surface area contributed by atoms with Gasteiger partial charge in [-0.3, -0.25) is 0 Å². The van der Waals surface area contributed by atoms with Gasteiger partial charge in [0.2, 0.25) is 0 Å². The van der Waals surface area contributed by atoms with Crippen LogP contribution >= 0.6 is 0 Å². The first-order valence-electron chi connectivity index (χ1n) is 7.29. The first-order chi connectivity index (χ1) is 9.20. The van der Waals surface area contributed by atoms with E-state index in [1.807, 2.05) is 0 Å². The summed E-state index contributed by atoms with van der Waals surface area (Å²) >= 11 is 0.